The number of hydrogen-bond acceptors (Lipinski definition) is 3. The molecule has 0 amide bonds. The second-order valence-electron chi connectivity index (χ2n) is 5.38. The van der Waals surface area contributed by atoms with E-state index in [2.05, 4.69) is 10.3 Å². The van der Waals surface area contributed by atoms with Crippen LogP contribution in [0.4, 0.5) is 5.82 Å². The molecule has 3 rings (SSSR count). The van der Waals surface area contributed by atoms with Crippen LogP contribution < -0.4 is 14.8 Å². The summed E-state index contributed by atoms with van der Waals surface area (Å²) in [6, 6.07) is 18.4. The van der Waals surface area contributed by atoms with Crippen LogP contribution in [0.25, 0.3) is 10.9 Å². The van der Waals surface area contributed by atoms with Gasteiger partial charge in [-0.3, -0.25) is 0 Å². The lowest BCUT2D eigenvalue weighted by atomic mass is 10.2. The van der Waals surface area contributed by atoms with E-state index < -0.39 is 10.0 Å². The highest BCUT2D eigenvalue weighted by molar-refractivity contribution is 7.89. The summed E-state index contributed by atoms with van der Waals surface area (Å²) in [5.41, 5.74) is 4.80. The lowest BCUT2D eigenvalue weighted by Crippen LogP contribution is -2.39. The summed E-state index contributed by atoms with van der Waals surface area (Å²) in [5, 5.41) is 1.09. The highest BCUT2D eigenvalue weighted by Gasteiger charge is 2.17. The van der Waals surface area contributed by atoms with Gasteiger partial charge in [0, 0.05) is 11.5 Å². The number of sulfonamides is 1. The minimum absolute atomic E-state index is 0.221. The van der Waals surface area contributed by atoms with Crippen molar-refractivity contribution < 1.29 is 13.0 Å². The second-order valence-corrected chi connectivity index (χ2v) is 7.06. The molecule has 1 aromatic heterocycles. The Labute approximate surface area is 135 Å². The van der Waals surface area contributed by atoms with Gasteiger partial charge in [0.2, 0.25) is 0 Å². The van der Waals surface area contributed by atoms with E-state index in [1.807, 2.05) is 54.9 Å². The fourth-order valence-electron chi connectivity index (χ4n) is 2.37. The van der Waals surface area contributed by atoms with Crippen LogP contribution in [0.15, 0.2) is 65.6 Å². The number of anilines is 1. The lowest BCUT2D eigenvalue weighted by molar-refractivity contribution is -0.630. The molecule has 0 unspecified atom stereocenters. The van der Waals surface area contributed by atoms with Crippen molar-refractivity contribution >= 4 is 26.7 Å². The predicted molar refractivity (Wildman–Crippen MR) is 90.2 cm³/mol. The van der Waals surface area contributed by atoms with E-state index >= 15 is 0 Å². The van der Waals surface area contributed by atoms with Crippen molar-refractivity contribution in [2.24, 2.45) is 7.05 Å². The minimum Gasteiger partial charge on any atom is -0.229 e. The summed E-state index contributed by atoms with van der Waals surface area (Å²) in [6.07, 6.45) is 0. The monoisotopic (exact) mass is 328 g/mol. The van der Waals surface area contributed by atoms with E-state index in [4.69, 9.17) is 0 Å². The van der Waals surface area contributed by atoms with Crippen LogP contribution in [0.1, 0.15) is 5.56 Å². The topological polar surface area (TPSA) is 62.1 Å². The number of fused-ring (bicyclic) bond motifs is 1. The molecule has 1 heterocycles. The number of nitrogens with one attached hydrogen (secondary N) is 2. The number of para-hydroxylation sites is 1. The molecule has 0 spiro atoms. The number of rotatable bonds is 4. The maximum Gasteiger partial charge on any atom is 0.293 e. The number of aryl methyl sites for hydroxylation is 2. The minimum atomic E-state index is -3.62. The predicted octanol–water partition coefficient (Wildman–Crippen LogP) is 2.28. The Kier molecular flexibility index (Phi) is 4.02. The Morgan fingerprint density at radius 1 is 0.913 bits per heavy atom. The number of hydrogen-bond donors (Lipinski definition) is 2. The van der Waals surface area contributed by atoms with Crippen molar-refractivity contribution in [1.29, 1.82) is 0 Å². The first-order valence-electron chi connectivity index (χ1n) is 7.20. The maximum absolute atomic E-state index is 12.3. The maximum atomic E-state index is 12.3. The molecule has 0 bridgehead atoms. The molecule has 0 saturated carbocycles. The van der Waals surface area contributed by atoms with E-state index in [9.17, 15) is 8.42 Å². The van der Waals surface area contributed by atoms with Gasteiger partial charge < -0.3 is 0 Å². The average molecular weight is 328 g/mol. The van der Waals surface area contributed by atoms with Gasteiger partial charge in [-0.25, -0.2) is 13.0 Å². The van der Waals surface area contributed by atoms with Gasteiger partial charge in [0.05, 0.1) is 11.9 Å². The first-order valence-corrected chi connectivity index (χ1v) is 8.68. The molecule has 6 heteroatoms. The van der Waals surface area contributed by atoms with Crippen LogP contribution in [-0.4, -0.2) is 8.42 Å². The molecule has 2 N–H and O–H groups in total. The van der Waals surface area contributed by atoms with Gasteiger partial charge in [0.1, 0.15) is 5.52 Å². The van der Waals surface area contributed by atoms with E-state index in [-0.39, 0.29) is 4.90 Å². The lowest BCUT2D eigenvalue weighted by Gasteiger charge is -2.08. The Hall–Kier alpha value is -2.44. The molecule has 0 saturated heterocycles. The van der Waals surface area contributed by atoms with Crippen LogP contribution in [0.2, 0.25) is 0 Å². The Morgan fingerprint density at radius 3 is 2.35 bits per heavy atom. The molecule has 2 aromatic carbocycles. The third kappa shape index (κ3) is 3.18. The van der Waals surface area contributed by atoms with Gasteiger partial charge >= 0.3 is 0 Å². The first-order chi connectivity index (χ1) is 11.0. The normalized spacial score (nSPS) is 11.6. The molecular weight excluding hydrogens is 310 g/mol. The van der Waals surface area contributed by atoms with Crippen LogP contribution in [-0.2, 0) is 17.1 Å². The van der Waals surface area contributed by atoms with E-state index in [1.165, 1.54) is 0 Å². The zero-order valence-electron chi connectivity index (χ0n) is 12.9. The standard InChI is InChI=1S/C17H17N3O2S/c1-13-7-10-15(11-8-13)23(21,22)19-18-17-12-9-14-5-3-4-6-16(14)20(17)2/h3-12,19H,1-2H3/p+1. The summed E-state index contributed by atoms with van der Waals surface area (Å²) in [4.78, 5) is 2.64. The molecule has 0 aliphatic carbocycles. The molecule has 5 nitrogen and oxygen atoms in total. The van der Waals surface area contributed by atoms with Crippen molar-refractivity contribution in [3.63, 3.8) is 0 Å². The highest BCUT2D eigenvalue weighted by Crippen LogP contribution is 2.13. The fraction of sp³-hybridized carbons (Fsp3) is 0.118. The van der Waals surface area contributed by atoms with Crippen molar-refractivity contribution in [3.05, 3.63) is 66.2 Å². The zero-order chi connectivity index (χ0) is 16.4. The number of nitrogens with zero attached hydrogens (tertiary/aromatic N) is 1. The average Bonchev–Trinajstić information content (AvgIpc) is 2.55. The van der Waals surface area contributed by atoms with Crippen LogP contribution in [0.5, 0.6) is 0 Å². The molecule has 0 aliphatic heterocycles. The Morgan fingerprint density at radius 2 is 1.61 bits per heavy atom. The molecule has 0 aliphatic rings. The molecule has 23 heavy (non-hydrogen) atoms. The largest absolute Gasteiger partial charge is 0.293 e. The van der Waals surface area contributed by atoms with Crippen molar-refractivity contribution in [2.45, 2.75) is 11.8 Å². The highest BCUT2D eigenvalue weighted by atomic mass is 32.2. The molecule has 0 atom stereocenters. The molecular formula is C17H18N3O2S+. The van der Waals surface area contributed by atoms with Gasteiger partial charge in [0.15, 0.2) is 0 Å². The van der Waals surface area contributed by atoms with Crippen LogP contribution >= 0.6 is 0 Å². The van der Waals surface area contributed by atoms with Crippen molar-refractivity contribution in [2.75, 3.05) is 5.43 Å². The van der Waals surface area contributed by atoms with Gasteiger partial charge in [-0.2, -0.15) is 5.43 Å². The summed E-state index contributed by atoms with van der Waals surface area (Å²) >= 11 is 0. The van der Waals surface area contributed by atoms with Crippen LogP contribution in [0.3, 0.4) is 0 Å². The quantitative estimate of drug-likeness (QED) is 0.570. The van der Waals surface area contributed by atoms with Gasteiger partial charge in [-0.15, -0.1) is 0 Å². The summed E-state index contributed by atoms with van der Waals surface area (Å²) in [7, 11) is -1.74. The number of benzene rings is 2. The zero-order valence-corrected chi connectivity index (χ0v) is 13.8. The molecule has 118 valence electrons. The Bertz CT molecular complexity index is 951. The van der Waals surface area contributed by atoms with Crippen molar-refractivity contribution in [1.82, 2.24) is 4.83 Å². The van der Waals surface area contributed by atoms with E-state index in [1.54, 1.807) is 24.3 Å². The molecule has 3 aromatic rings. The third-order valence-electron chi connectivity index (χ3n) is 3.72. The van der Waals surface area contributed by atoms with E-state index in [0.29, 0.717) is 5.82 Å². The van der Waals surface area contributed by atoms with Crippen molar-refractivity contribution in [3.8, 4) is 0 Å². The summed E-state index contributed by atoms with van der Waals surface area (Å²) in [6.45, 7) is 1.91. The van der Waals surface area contributed by atoms with Gasteiger partial charge in [0.25, 0.3) is 15.8 Å². The van der Waals surface area contributed by atoms with Gasteiger partial charge in [-0.05, 0) is 31.2 Å². The SMILES string of the molecule is Cc1ccc(S(=O)(=O)NNc2ccc3ccccc3[n+]2C)cc1. The smallest absolute Gasteiger partial charge is 0.229 e. The number of pyridine rings is 1. The third-order valence-corrected chi connectivity index (χ3v) is 4.99. The summed E-state index contributed by atoms with van der Waals surface area (Å²) in [5.74, 6) is 0.652. The Balaban J connectivity index is 1.85. The van der Waals surface area contributed by atoms with Gasteiger partial charge in [-0.1, -0.05) is 40.7 Å². The fourth-order valence-corrected chi connectivity index (χ4v) is 3.22. The second kappa shape index (κ2) is 5.98. The number of hydrazine groups is 1. The number of aromatic nitrogens is 1. The van der Waals surface area contributed by atoms with E-state index in [0.717, 1.165) is 16.5 Å². The first kappa shape index (κ1) is 15.5. The summed E-state index contributed by atoms with van der Waals surface area (Å²) < 4.78 is 26.5. The van der Waals surface area contributed by atoms with Crippen LogP contribution in [0, 0.1) is 6.92 Å². The molecule has 0 fully saturated rings. The molecule has 0 radical (unpaired) electrons.